The summed E-state index contributed by atoms with van der Waals surface area (Å²) in [5.74, 6) is -0.874. The molecule has 7 heteroatoms. The van der Waals surface area contributed by atoms with E-state index in [0.29, 0.717) is 17.1 Å². The summed E-state index contributed by atoms with van der Waals surface area (Å²) in [4.78, 5) is 26.1. The Labute approximate surface area is 149 Å². The van der Waals surface area contributed by atoms with E-state index in [1.54, 1.807) is 31.4 Å². The van der Waals surface area contributed by atoms with Crippen molar-refractivity contribution < 1.29 is 18.7 Å². The van der Waals surface area contributed by atoms with Gasteiger partial charge in [0.2, 0.25) is 11.8 Å². The number of anilines is 2. The second-order valence-corrected chi connectivity index (χ2v) is 6.13. The first-order chi connectivity index (χ1) is 12.0. The molecule has 130 valence electrons. The molecule has 25 heavy (non-hydrogen) atoms. The molecule has 0 bridgehead atoms. The highest BCUT2D eigenvalue weighted by molar-refractivity contribution is 6.31. The lowest BCUT2D eigenvalue weighted by molar-refractivity contribution is -0.122. The highest BCUT2D eigenvalue weighted by atomic mass is 35.5. The van der Waals surface area contributed by atoms with Gasteiger partial charge in [0.15, 0.2) is 0 Å². The first-order valence-corrected chi connectivity index (χ1v) is 8.06. The van der Waals surface area contributed by atoms with E-state index >= 15 is 0 Å². The van der Waals surface area contributed by atoms with E-state index in [4.69, 9.17) is 16.3 Å². The molecule has 1 aliphatic rings. The minimum atomic E-state index is -0.551. The number of methoxy groups -OCH3 is 1. The number of amides is 2. The number of ether oxygens (including phenoxy) is 1. The van der Waals surface area contributed by atoms with Gasteiger partial charge in [0, 0.05) is 30.4 Å². The van der Waals surface area contributed by atoms with Crippen molar-refractivity contribution in [1.29, 1.82) is 0 Å². The van der Waals surface area contributed by atoms with Crippen LogP contribution in [0.1, 0.15) is 6.42 Å². The smallest absolute Gasteiger partial charge is 0.229 e. The molecule has 1 atom stereocenters. The molecule has 2 amide bonds. The monoisotopic (exact) mass is 362 g/mol. The molecule has 0 radical (unpaired) electrons. The highest BCUT2D eigenvalue weighted by Gasteiger charge is 2.35. The van der Waals surface area contributed by atoms with Crippen LogP contribution in [0, 0.1) is 11.7 Å². The number of rotatable bonds is 4. The summed E-state index contributed by atoms with van der Waals surface area (Å²) in [5.41, 5.74) is 1.08. The molecule has 1 heterocycles. The van der Waals surface area contributed by atoms with Gasteiger partial charge < -0.3 is 15.0 Å². The lowest BCUT2D eigenvalue weighted by Gasteiger charge is -2.17. The predicted molar refractivity (Wildman–Crippen MR) is 93.5 cm³/mol. The Morgan fingerprint density at radius 1 is 1.32 bits per heavy atom. The Hall–Kier alpha value is -2.60. The lowest BCUT2D eigenvalue weighted by atomic mass is 10.1. The molecule has 0 aromatic heterocycles. The molecule has 0 aliphatic carbocycles. The quantitative estimate of drug-likeness (QED) is 0.905. The molecule has 2 aromatic rings. The van der Waals surface area contributed by atoms with Crippen molar-refractivity contribution in [1.82, 2.24) is 0 Å². The molecule has 2 aromatic carbocycles. The first-order valence-electron chi connectivity index (χ1n) is 7.68. The number of carbonyl (C=O) groups excluding carboxylic acids is 2. The fourth-order valence-electron chi connectivity index (χ4n) is 2.73. The zero-order chi connectivity index (χ0) is 18.0. The fraction of sp³-hybridized carbons (Fsp3) is 0.222. The Morgan fingerprint density at radius 2 is 2.12 bits per heavy atom. The standard InChI is InChI=1S/C18H16ClFN2O3/c1-25-14-4-2-3-12(8-14)21-18(24)11-7-17(23)22(10-11)13-5-6-16(20)15(19)9-13/h2-6,8-9,11H,7,10H2,1H3,(H,21,24). The summed E-state index contributed by atoms with van der Waals surface area (Å²) in [6.45, 7) is 0.219. The SMILES string of the molecule is COc1cccc(NC(=O)C2CC(=O)N(c3ccc(F)c(Cl)c3)C2)c1. The van der Waals surface area contributed by atoms with Crippen molar-refractivity contribution in [3.05, 3.63) is 53.3 Å². The van der Waals surface area contributed by atoms with Gasteiger partial charge in [-0.15, -0.1) is 0 Å². The molecule has 1 fully saturated rings. The van der Waals surface area contributed by atoms with E-state index in [9.17, 15) is 14.0 Å². The molecule has 0 spiro atoms. The van der Waals surface area contributed by atoms with Crippen LogP contribution in [0.25, 0.3) is 0 Å². The highest BCUT2D eigenvalue weighted by Crippen LogP contribution is 2.29. The maximum atomic E-state index is 13.3. The summed E-state index contributed by atoms with van der Waals surface area (Å²) in [6, 6.07) is 11.0. The summed E-state index contributed by atoms with van der Waals surface area (Å²) < 4.78 is 18.4. The van der Waals surface area contributed by atoms with Crippen molar-refractivity contribution in [3.8, 4) is 5.75 Å². The zero-order valence-corrected chi connectivity index (χ0v) is 14.2. The van der Waals surface area contributed by atoms with Crippen molar-refractivity contribution in [3.63, 3.8) is 0 Å². The molecular weight excluding hydrogens is 347 g/mol. The van der Waals surface area contributed by atoms with E-state index in [-0.39, 0.29) is 29.8 Å². The van der Waals surface area contributed by atoms with Crippen LogP contribution in [0.5, 0.6) is 5.75 Å². The van der Waals surface area contributed by atoms with Gasteiger partial charge in [-0.1, -0.05) is 17.7 Å². The number of hydrogen-bond donors (Lipinski definition) is 1. The van der Waals surface area contributed by atoms with Crippen molar-refractivity contribution in [2.75, 3.05) is 23.9 Å². The number of halogens is 2. The predicted octanol–water partition coefficient (Wildman–Crippen LogP) is 3.48. The molecule has 5 nitrogen and oxygen atoms in total. The minimum absolute atomic E-state index is 0.0606. The van der Waals surface area contributed by atoms with Crippen molar-refractivity contribution in [2.45, 2.75) is 6.42 Å². The van der Waals surface area contributed by atoms with Gasteiger partial charge >= 0.3 is 0 Å². The molecular formula is C18H16ClFN2O3. The normalized spacial score (nSPS) is 16.8. The summed E-state index contributed by atoms with van der Waals surface area (Å²) in [7, 11) is 1.54. The maximum Gasteiger partial charge on any atom is 0.229 e. The summed E-state index contributed by atoms with van der Waals surface area (Å²) >= 11 is 5.77. The number of carbonyl (C=O) groups is 2. The van der Waals surface area contributed by atoms with Gasteiger partial charge in [-0.05, 0) is 30.3 Å². The molecule has 0 saturated carbocycles. The Bertz CT molecular complexity index is 828. The van der Waals surface area contributed by atoms with Gasteiger partial charge in [-0.3, -0.25) is 9.59 Å². The second-order valence-electron chi connectivity index (χ2n) is 5.73. The van der Waals surface area contributed by atoms with E-state index < -0.39 is 11.7 Å². The first kappa shape index (κ1) is 17.2. The molecule has 1 aliphatic heterocycles. The number of nitrogens with one attached hydrogen (secondary N) is 1. The second kappa shape index (κ2) is 7.11. The van der Waals surface area contributed by atoms with E-state index in [2.05, 4.69) is 5.32 Å². The Kier molecular flexibility index (Phi) is 4.90. The summed E-state index contributed by atoms with van der Waals surface area (Å²) in [6.07, 6.45) is 0.0881. The number of nitrogens with zero attached hydrogens (tertiary/aromatic N) is 1. The zero-order valence-electron chi connectivity index (χ0n) is 13.5. The van der Waals surface area contributed by atoms with Crippen LogP contribution in [0.15, 0.2) is 42.5 Å². The van der Waals surface area contributed by atoms with Crippen LogP contribution in [-0.2, 0) is 9.59 Å². The van der Waals surface area contributed by atoms with Crippen LogP contribution < -0.4 is 15.0 Å². The minimum Gasteiger partial charge on any atom is -0.497 e. The largest absolute Gasteiger partial charge is 0.497 e. The number of hydrogen-bond acceptors (Lipinski definition) is 3. The topological polar surface area (TPSA) is 58.6 Å². The maximum absolute atomic E-state index is 13.3. The van der Waals surface area contributed by atoms with Crippen LogP contribution in [0.2, 0.25) is 5.02 Å². The Morgan fingerprint density at radius 3 is 2.84 bits per heavy atom. The van der Waals surface area contributed by atoms with E-state index in [1.165, 1.54) is 23.1 Å². The van der Waals surface area contributed by atoms with Gasteiger partial charge in [0.05, 0.1) is 18.1 Å². The van der Waals surface area contributed by atoms with Gasteiger partial charge in [0.1, 0.15) is 11.6 Å². The van der Waals surface area contributed by atoms with Crippen molar-refractivity contribution >= 4 is 34.8 Å². The molecule has 1 N–H and O–H groups in total. The third kappa shape index (κ3) is 3.74. The van der Waals surface area contributed by atoms with Crippen LogP contribution >= 0.6 is 11.6 Å². The molecule has 1 unspecified atom stereocenters. The third-order valence-corrected chi connectivity index (χ3v) is 4.34. The van der Waals surface area contributed by atoms with Gasteiger partial charge in [-0.25, -0.2) is 4.39 Å². The fourth-order valence-corrected chi connectivity index (χ4v) is 2.91. The number of benzene rings is 2. The van der Waals surface area contributed by atoms with Crippen molar-refractivity contribution in [2.24, 2.45) is 5.92 Å². The molecule has 3 rings (SSSR count). The van der Waals surface area contributed by atoms with Gasteiger partial charge in [-0.2, -0.15) is 0 Å². The van der Waals surface area contributed by atoms with Crippen LogP contribution in [-0.4, -0.2) is 25.5 Å². The summed E-state index contributed by atoms with van der Waals surface area (Å²) in [5, 5.41) is 2.73. The van der Waals surface area contributed by atoms with E-state index in [1.807, 2.05) is 0 Å². The molecule has 1 saturated heterocycles. The van der Waals surface area contributed by atoms with E-state index in [0.717, 1.165) is 0 Å². The van der Waals surface area contributed by atoms with Crippen LogP contribution in [0.4, 0.5) is 15.8 Å². The van der Waals surface area contributed by atoms with Crippen LogP contribution in [0.3, 0.4) is 0 Å². The Balaban J connectivity index is 1.70. The lowest BCUT2D eigenvalue weighted by Crippen LogP contribution is -2.28. The average Bonchev–Trinajstić information content (AvgIpc) is 2.99. The van der Waals surface area contributed by atoms with Gasteiger partial charge in [0.25, 0.3) is 0 Å². The average molecular weight is 363 g/mol. The third-order valence-electron chi connectivity index (χ3n) is 4.05.